The van der Waals surface area contributed by atoms with Gasteiger partial charge < -0.3 is 15.2 Å². The fourth-order valence-corrected chi connectivity index (χ4v) is 3.97. The molecule has 0 spiro atoms. The van der Waals surface area contributed by atoms with Gasteiger partial charge in [0.1, 0.15) is 18.2 Å². The minimum Gasteiger partial charge on any atom is -0.488 e. The van der Waals surface area contributed by atoms with Gasteiger partial charge in [-0.3, -0.25) is 4.79 Å². The fourth-order valence-electron chi connectivity index (χ4n) is 3.97. The van der Waals surface area contributed by atoms with E-state index < -0.39 is 23.5 Å². The van der Waals surface area contributed by atoms with Gasteiger partial charge in [0.25, 0.3) is 0 Å². The minimum absolute atomic E-state index is 0.0351. The van der Waals surface area contributed by atoms with E-state index in [1.807, 2.05) is 0 Å². The molecule has 5 nitrogen and oxygen atoms in total. The molecule has 4 rings (SSSR count). The Morgan fingerprint density at radius 3 is 2.11 bits per heavy atom. The Kier molecular flexibility index (Phi) is 7.47. The lowest BCUT2D eigenvalue weighted by Gasteiger charge is -2.18. The number of benzene rings is 4. The summed E-state index contributed by atoms with van der Waals surface area (Å²) in [5.74, 6) is -1.97. The summed E-state index contributed by atoms with van der Waals surface area (Å²) in [5.41, 5.74) is 0.808. The molecule has 0 aromatic heterocycles. The molecule has 0 aliphatic heterocycles. The van der Waals surface area contributed by atoms with Crippen LogP contribution < -0.4 is 10.1 Å². The highest BCUT2D eigenvalue weighted by Crippen LogP contribution is 2.42. The molecular formula is C29H21F4NO4. The predicted molar refractivity (Wildman–Crippen MR) is 134 cm³/mol. The molecule has 9 heteroatoms. The van der Waals surface area contributed by atoms with E-state index >= 15 is 0 Å². The van der Waals surface area contributed by atoms with Crippen LogP contribution in [0.4, 0.5) is 23.2 Å². The van der Waals surface area contributed by atoms with Gasteiger partial charge in [-0.1, -0.05) is 42.5 Å². The molecule has 4 aromatic carbocycles. The van der Waals surface area contributed by atoms with E-state index in [4.69, 9.17) is 4.74 Å². The number of carboxylic acid groups (broad SMARTS) is 1. The summed E-state index contributed by atoms with van der Waals surface area (Å²) in [5, 5.41) is 12.4. The second kappa shape index (κ2) is 10.8. The third kappa shape index (κ3) is 6.00. The minimum atomic E-state index is -4.63. The molecule has 4 aromatic rings. The monoisotopic (exact) mass is 523 g/mol. The largest absolute Gasteiger partial charge is 0.488 e. The van der Waals surface area contributed by atoms with Crippen molar-refractivity contribution in [3.8, 4) is 28.0 Å². The Morgan fingerprint density at radius 2 is 1.50 bits per heavy atom. The topological polar surface area (TPSA) is 75.6 Å². The maximum atomic E-state index is 13.7. The number of amides is 1. The number of carbonyl (C=O) groups is 2. The number of halogens is 4. The molecule has 0 bridgehead atoms. The molecule has 0 aliphatic carbocycles. The number of nitrogens with one attached hydrogen (secondary N) is 1. The van der Waals surface area contributed by atoms with E-state index in [1.165, 1.54) is 55.5 Å². The molecule has 194 valence electrons. The normalized spacial score (nSPS) is 11.2. The van der Waals surface area contributed by atoms with Crippen LogP contribution in [0.25, 0.3) is 22.3 Å². The summed E-state index contributed by atoms with van der Waals surface area (Å²) in [6, 6.07) is 19.3. The van der Waals surface area contributed by atoms with Crippen LogP contribution in [0.1, 0.15) is 28.4 Å². The van der Waals surface area contributed by atoms with Gasteiger partial charge in [0.05, 0.1) is 11.1 Å². The van der Waals surface area contributed by atoms with Gasteiger partial charge in [-0.2, -0.15) is 13.2 Å². The van der Waals surface area contributed by atoms with Crippen LogP contribution in [0.5, 0.6) is 5.75 Å². The Morgan fingerprint density at radius 1 is 0.842 bits per heavy atom. The average molecular weight is 523 g/mol. The van der Waals surface area contributed by atoms with Crippen molar-refractivity contribution in [3.05, 3.63) is 107 Å². The summed E-state index contributed by atoms with van der Waals surface area (Å²) in [4.78, 5) is 23.5. The van der Waals surface area contributed by atoms with Crippen molar-refractivity contribution in [2.75, 3.05) is 5.32 Å². The SMILES string of the molecule is CC(=O)Nc1ccc(-c2ccccc2-c2cc(C(F)(F)F)ccc2OCc2ccc(F)cc2)c(C(=O)O)c1. The Bertz CT molecular complexity index is 1500. The van der Waals surface area contributed by atoms with Crippen molar-refractivity contribution in [2.24, 2.45) is 0 Å². The summed E-state index contributed by atoms with van der Waals surface area (Å²) in [6.45, 7) is 1.25. The average Bonchev–Trinajstić information content (AvgIpc) is 2.87. The number of carboxylic acids is 1. The van der Waals surface area contributed by atoms with E-state index in [1.54, 1.807) is 24.3 Å². The molecule has 0 atom stereocenters. The van der Waals surface area contributed by atoms with Crippen LogP contribution in [0, 0.1) is 5.82 Å². The summed E-state index contributed by atoms with van der Waals surface area (Å²) in [6.07, 6.45) is -4.63. The number of anilines is 1. The number of aromatic carboxylic acids is 1. The van der Waals surface area contributed by atoms with Gasteiger partial charge in [0, 0.05) is 18.2 Å². The van der Waals surface area contributed by atoms with Crippen molar-refractivity contribution < 1.29 is 37.0 Å². The van der Waals surface area contributed by atoms with Gasteiger partial charge in [-0.15, -0.1) is 0 Å². The van der Waals surface area contributed by atoms with Crippen LogP contribution >= 0.6 is 0 Å². The molecule has 0 saturated carbocycles. The van der Waals surface area contributed by atoms with Gasteiger partial charge in [0.15, 0.2) is 0 Å². The number of alkyl halides is 3. The van der Waals surface area contributed by atoms with Gasteiger partial charge >= 0.3 is 12.1 Å². The quantitative estimate of drug-likeness (QED) is 0.247. The van der Waals surface area contributed by atoms with Gasteiger partial charge in [-0.05, 0) is 64.7 Å². The van der Waals surface area contributed by atoms with E-state index in [9.17, 15) is 32.3 Å². The zero-order chi connectivity index (χ0) is 27.4. The lowest BCUT2D eigenvalue weighted by molar-refractivity contribution is -0.137. The van der Waals surface area contributed by atoms with Crippen molar-refractivity contribution in [1.82, 2.24) is 0 Å². The highest BCUT2D eigenvalue weighted by molar-refractivity contribution is 6.01. The highest BCUT2D eigenvalue weighted by Gasteiger charge is 2.32. The lowest BCUT2D eigenvalue weighted by Crippen LogP contribution is -2.08. The van der Waals surface area contributed by atoms with Crippen LogP contribution in [-0.4, -0.2) is 17.0 Å². The van der Waals surface area contributed by atoms with E-state index in [0.29, 0.717) is 16.7 Å². The molecule has 0 fully saturated rings. The molecule has 0 radical (unpaired) electrons. The summed E-state index contributed by atoms with van der Waals surface area (Å²) < 4.78 is 60.1. The molecule has 0 unspecified atom stereocenters. The molecular weight excluding hydrogens is 502 g/mol. The van der Waals surface area contributed by atoms with Crippen LogP contribution in [0.2, 0.25) is 0 Å². The molecule has 0 saturated heterocycles. The van der Waals surface area contributed by atoms with Crippen molar-refractivity contribution >= 4 is 17.6 Å². The van der Waals surface area contributed by atoms with Crippen LogP contribution in [-0.2, 0) is 17.6 Å². The number of carbonyl (C=O) groups excluding carboxylic acids is 1. The van der Waals surface area contributed by atoms with E-state index in [2.05, 4.69) is 5.32 Å². The standard InChI is InChI=1S/C29H21F4NO4/c1-17(35)34-21-11-12-24(26(15-21)28(36)37)22-4-2-3-5-23(22)25-14-19(29(31,32)33)8-13-27(25)38-16-18-6-9-20(30)10-7-18/h2-15H,16H2,1H3,(H,34,35)(H,36,37). The first kappa shape index (κ1) is 26.4. The third-order valence-corrected chi connectivity index (χ3v) is 5.69. The van der Waals surface area contributed by atoms with Crippen LogP contribution in [0.15, 0.2) is 84.9 Å². The van der Waals surface area contributed by atoms with E-state index in [0.717, 1.165) is 12.1 Å². The lowest BCUT2D eigenvalue weighted by atomic mass is 9.90. The number of hydrogen-bond donors (Lipinski definition) is 2. The van der Waals surface area contributed by atoms with E-state index in [-0.39, 0.29) is 40.6 Å². The summed E-state index contributed by atoms with van der Waals surface area (Å²) >= 11 is 0. The van der Waals surface area contributed by atoms with Gasteiger partial charge in [-0.25, -0.2) is 9.18 Å². The maximum Gasteiger partial charge on any atom is 0.416 e. The van der Waals surface area contributed by atoms with Crippen molar-refractivity contribution in [1.29, 1.82) is 0 Å². The molecule has 0 heterocycles. The first-order valence-electron chi connectivity index (χ1n) is 11.4. The molecule has 38 heavy (non-hydrogen) atoms. The third-order valence-electron chi connectivity index (χ3n) is 5.69. The number of rotatable bonds is 7. The zero-order valence-corrected chi connectivity index (χ0v) is 20.0. The first-order valence-corrected chi connectivity index (χ1v) is 11.4. The predicted octanol–water partition coefficient (Wildman–Crippen LogP) is 7.41. The maximum absolute atomic E-state index is 13.7. The molecule has 2 N–H and O–H groups in total. The second-order valence-electron chi connectivity index (χ2n) is 8.42. The number of hydrogen-bond acceptors (Lipinski definition) is 3. The molecule has 1 amide bonds. The highest BCUT2D eigenvalue weighted by atomic mass is 19.4. The summed E-state index contributed by atoms with van der Waals surface area (Å²) in [7, 11) is 0. The first-order chi connectivity index (χ1) is 18.0. The fraction of sp³-hybridized carbons (Fsp3) is 0.103. The Balaban J connectivity index is 1.85. The zero-order valence-electron chi connectivity index (χ0n) is 20.0. The van der Waals surface area contributed by atoms with Crippen LogP contribution in [0.3, 0.4) is 0 Å². The second-order valence-corrected chi connectivity index (χ2v) is 8.42. The Labute approximate surface area is 215 Å². The smallest absolute Gasteiger partial charge is 0.416 e. The number of ether oxygens (including phenoxy) is 1. The van der Waals surface area contributed by atoms with Crippen molar-refractivity contribution in [3.63, 3.8) is 0 Å². The molecule has 0 aliphatic rings. The van der Waals surface area contributed by atoms with Crippen molar-refractivity contribution in [2.45, 2.75) is 19.7 Å². The Hall–Kier alpha value is -4.66. The van der Waals surface area contributed by atoms with Gasteiger partial charge in [0.2, 0.25) is 5.91 Å².